The van der Waals surface area contributed by atoms with Crippen molar-refractivity contribution in [1.82, 2.24) is 10.2 Å². The van der Waals surface area contributed by atoms with Crippen molar-refractivity contribution in [3.8, 4) is 5.75 Å². The number of piperidine rings is 1. The third-order valence-corrected chi connectivity index (χ3v) is 8.88. The Morgan fingerprint density at radius 3 is 2.20 bits per heavy atom. The molecule has 5 aromatic rings. The van der Waals surface area contributed by atoms with Crippen LogP contribution in [0.4, 0.5) is 10.5 Å². The van der Waals surface area contributed by atoms with Gasteiger partial charge in [0.1, 0.15) is 5.75 Å². The van der Waals surface area contributed by atoms with Crippen molar-refractivity contribution in [3.05, 3.63) is 120 Å². The lowest BCUT2D eigenvalue weighted by atomic mass is 10.0. The summed E-state index contributed by atoms with van der Waals surface area (Å²) in [6.45, 7) is 3.12. The van der Waals surface area contributed by atoms with Crippen molar-refractivity contribution in [2.75, 3.05) is 25.1 Å². The van der Waals surface area contributed by atoms with E-state index in [9.17, 15) is 14.2 Å². The van der Waals surface area contributed by atoms with Crippen LogP contribution in [0.25, 0.3) is 21.5 Å². The van der Waals surface area contributed by atoms with Gasteiger partial charge >= 0.3 is 13.7 Å². The van der Waals surface area contributed by atoms with Crippen LogP contribution in [0.1, 0.15) is 28.8 Å². The number of anilines is 1. The zero-order valence-corrected chi connectivity index (χ0v) is 25.3. The number of benzene rings is 5. The number of hydrogen-bond donors (Lipinski definition) is 2. The second-order valence-electron chi connectivity index (χ2n) is 11.0. The highest BCUT2D eigenvalue weighted by atomic mass is 31.2. The van der Waals surface area contributed by atoms with Gasteiger partial charge in [-0.3, -0.25) is 10.1 Å². The fourth-order valence-corrected chi connectivity index (χ4v) is 6.51. The molecule has 0 saturated carbocycles. The van der Waals surface area contributed by atoms with E-state index in [2.05, 4.69) is 10.6 Å². The minimum atomic E-state index is -3.81. The predicted molar refractivity (Wildman–Crippen MR) is 174 cm³/mol. The molecule has 224 valence electrons. The van der Waals surface area contributed by atoms with Crippen LogP contribution in [0, 0.1) is 0 Å². The summed E-state index contributed by atoms with van der Waals surface area (Å²) >= 11 is 0. The van der Waals surface area contributed by atoms with E-state index in [4.69, 9.17) is 9.05 Å². The van der Waals surface area contributed by atoms with Gasteiger partial charge < -0.3 is 19.3 Å². The Kier molecular flexibility index (Phi) is 8.64. The molecule has 0 aliphatic carbocycles. The fraction of sp³-hybridized carbons (Fsp3) is 0.200. The van der Waals surface area contributed by atoms with Gasteiger partial charge in [-0.15, -0.1) is 0 Å². The van der Waals surface area contributed by atoms with Crippen LogP contribution >= 0.6 is 7.60 Å². The maximum Gasteiger partial charge on any atom is 0.431 e. The van der Waals surface area contributed by atoms with Crippen molar-refractivity contribution in [3.63, 3.8) is 0 Å². The molecular formula is C35H34N3O5P. The summed E-state index contributed by atoms with van der Waals surface area (Å²) in [5.74, 6) is 0.440. The molecule has 1 aliphatic heterocycles. The monoisotopic (exact) mass is 607 g/mol. The van der Waals surface area contributed by atoms with Crippen molar-refractivity contribution in [2.45, 2.75) is 25.4 Å². The summed E-state index contributed by atoms with van der Waals surface area (Å²) in [7, 11) is -3.81. The average Bonchev–Trinajstić information content (AvgIpc) is 3.04. The first-order valence-corrected chi connectivity index (χ1v) is 16.7. The van der Waals surface area contributed by atoms with Gasteiger partial charge in [-0.2, -0.15) is 0 Å². The van der Waals surface area contributed by atoms with Gasteiger partial charge in [0.15, 0.2) is 0 Å². The molecule has 1 saturated heterocycles. The molecule has 1 atom stereocenters. The molecule has 1 heterocycles. The van der Waals surface area contributed by atoms with Crippen molar-refractivity contribution < 1.29 is 23.2 Å². The second-order valence-corrected chi connectivity index (χ2v) is 12.9. The van der Waals surface area contributed by atoms with Crippen molar-refractivity contribution in [2.24, 2.45) is 0 Å². The average molecular weight is 608 g/mol. The molecule has 2 amide bonds. The van der Waals surface area contributed by atoms with Crippen LogP contribution < -0.4 is 15.2 Å². The molecule has 0 aromatic heterocycles. The third-order valence-electron chi connectivity index (χ3n) is 7.85. The number of carbonyl (C=O) groups is 2. The first-order valence-electron chi connectivity index (χ1n) is 14.7. The van der Waals surface area contributed by atoms with Gasteiger partial charge in [0.05, 0.1) is 6.66 Å². The smallest absolute Gasteiger partial charge is 0.415 e. The molecule has 1 aliphatic rings. The zero-order chi connectivity index (χ0) is 30.5. The highest BCUT2D eigenvalue weighted by molar-refractivity contribution is 7.54. The third kappa shape index (κ3) is 6.94. The van der Waals surface area contributed by atoms with Gasteiger partial charge in [0.25, 0.3) is 5.91 Å². The van der Waals surface area contributed by atoms with Crippen LogP contribution in [0.5, 0.6) is 5.75 Å². The quantitative estimate of drug-likeness (QED) is 0.175. The Bertz CT molecular complexity index is 1850. The Morgan fingerprint density at radius 1 is 0.818 bits per heavy atom. The maximum absolute atomic E-state index is 13.3. The summed E-state index contributed by atoms with van der Waals surface area (Å²) in [6.07, 6.45) is 0.781. The molecule has 6 rings (SSSR count). The SMILES string of the molecule is CP(=O)(OC(=O)Nc1cc2ccccc2cc1CNC1CCN(C(=O)c2ccccc2)CC1)Oc1cccc2ccccc12. The van der Waals surface area contributed by atoms with E-state index in [0.29, 0.717) is 36.6 Å². The van der Waals surface area contributed by atoms with Crippen LogP contribution in [0.15, 0.2) is 109 Å². The normalized spacial score (nSPS) is 15.1. The van der Waals surface area contributed by atoms with Gasteiger partial charge in [-0.25, -0.2) is 9.36 Å². The lowest BCUT2D eigenvalue weighted by molar-refractivity contribution is 0.0704. The minimum Gasteiger partial charge on any atom is -0.415 e. The van der Waals surface area contributed by atoms with E-state index in [-0.39, 0.29) is 11.9 Å². The molecule has 0 bridgehead atoms. The molecule has 0 spiro atoms. The van der Waals surface area contributed by atoms with Crippen molar-refractivity contribution >= 4 is 46.8 Å². The number of rotatable bonds is 8. The summed E-state index contributed by atoms with van der Waals surface area (Å²) in [6, 6.07) is 34.4. The van der Waals surface area contributed by atoms with E-state index >= 15 is 0 Å². The van der Waals surface area contributed by atoms with E-state index in [0.717, 1.165) is 39.9 Å². The molecule has 44 heavy (non-hydrogen) atoms. The van der Waals surface area contributed by atoms with Crippen LogP contribution in [-0.4, -0.2) is 42.7 Å². The van der Waals surface area contributed by atoms with Crippen LogP contribution in [-0.2, 0) is 15.6 Å². The lowest BCUT2D eigenvalue weighted by Gasteiger charge is -2.32. The summed E-state index contributed by atoms with van der Waals surface area (Å²) in [5, 5.41) is 10.1. The standard InChI is InChI=1S/C35H34N3O5P/c1-44(41,42-33-17-9-15-25-10-7-8-16-31(25)33)43-35(40)37-32-23-28-14-6-5-13-27(28)22-29(32)24-36-30-18-20-38(21-19-30)34(39)26-11-3-2-4-12-26/h2-17,22-23,30,36H,18-21,24H2,1H3,(H,37,40). The molecule has 9 heteroatoms. The first kappa shape index (κ1) is 29.4. The highest BCUT2D eigenvalue weighted by Gasteiger charge is 2.26. The Balaban J connectivity index is 1.11. The Labute approximate surface area is 256 Å². The van der Waals surface area contributed by atoms with Gasteiger partial charge in [-0.05, 0) is 64.9 Å². The molecule has 0 radical (unpaired) electrons. The van der Waals surface area contributed by atoms with Crippen LogP contribution in [0.3, 0.4) is 0 Å². The second kappa shape index (κ2) is 12.9. The number of hydrogen-bond acceptors (Lipinski definition) is 6. The topological polar surface area (TPSA) is 97.0 Å². The molecule has 1 fully saturated rings. The largest absolute Gasteiger partial charge is 0.431 e. The predicted octanol–water partition coefficient (Wildman–Crippen LogP) is 7.84. The van der Waals surface area contributed by atoms with Gasteiger partial charge in [0, 0.05) is 42.3 Å². The number of fused-ring (bicyclic) bond motifs is 2. The molecule has 2 N–H and O–H groups in total. The molecular weight excluding hydrogens is 573 g/mol. The minimum absolute atomic E-state index is 0.0567. The van der Waals surface area contributed by atoms with E-state index in [1.165, 1.54) is 6.66 Å². The number of nitrogens with one attached hydrogen (secondary N) is 2. The first-order chi connectivity index (χ1) is 21.3. The lowest BCUT2D eigenvalue weighted by Crippen LogP contribution is -2.44. The molecule has 1 unspecified atom stereocenters. The number of nitrogens with zero attached hydrogens (tertiary/aromatic N) is 1. The summed E-state index contributed by atoms with van der Waals surface area (Å²) in [5.41, 5.74) is 2.13. The molecule has 5 aromatic carbocycles. The Hall–Kier alpha value is -4.65. The summed E-state index contributed by atoms with van der Waals surface area (Å²) < 4.78 is 24.4. The zero-order valence-electron chi connectivity index (χ0n) is 24.4. The van der Waals surface area contributed by atoms with Crippen LogP contribution in [0.2, 0.25) is 0 Å². The van der Waals surface area contributed by atoms with E-state index < -0.39 is 13.7 Å². The summed E-state index contributed by atoms with van der Waals surface area (Å²) in [4.78, 5) is 27.8. The van der Waals surface area contributed by atoms with E-state index in [1.807, 2.05) is 102 Å². The Morgan fingerprint density at radius 2 is 1.45 bits per heavy atom. The number of carbonyl (C=O) groups excluding carboxylic acids is 2. The van der Waals surface area contributed by atoms with Crippen molar-refractivity contribution in [1.29, 1.82) is 0 Å². The maximum atomic E-state index is 13.3. The highest BCUT2D eigenvalue weighted by Crippen LogP contribution is 2.46. The number of amides is 2. The molecule has 8 nitrogen and oxygen atoms in total. The van der Waals surface area contributed by atoms with Gasteiger partial charge in [0.2, 0.25) is 0 Å². The van der Waals surface area contributed by atoms with Gasteiger partial charge in [-0.1, -0.05) is 78.9 Å². The number of likely N-dealkylation sites (tertiary alicyclic amines) is 1. The fourth-order valence-electron chi connectivity index (χ4n) is 5.61. The van der Waals surface area contributed by atoms with E-state index in [1.54, 1.807) is 12.1 Å².